The van der Waals surface area contributed by atoms with Crippen molar-refractivity contribution in [1.29, 1.82) is 0 Å². The Kier molecular flexibility index (Phi) is 5.31. The average molecular weight is 407 g/mol. The molecule has 3 aromatic rings. The number of amides is 1. The molecule has 0 saturated heterocycles. The number of aromatic nitrogens is 3. The zero-order chi connectivity index (χ0) is 21.3. The van der Waals surface area contributed by atoms with E-state index in [9.17, 15) is 4.79 Å². The number of para-hydroxylation sites is 2. The van der Waals surface area contributed by atoms with E-state index in [1.807, 2.05) is 48.9 Å². The Morgan fingerprint density at radius 1 is 1.27 bits per heavy atom. The van der Waals surface area contributed by atoms with Crippen LogP contribution in [0.4, 0.5) is 0 Å². The lowest BCUT2D eigenvalue weighted by molar-refractivity contribution is -0.130. The lowest BCUT2D eigenvalue weighted by Crippen LogP contribution is -2.42. The maximum Gasteiger partial charge on any atom is 0.284 e. The zero-order valence-electron chi connectivity index (χ0n) is 17.5. The van der Waals surface area contributed by atoms with Crippen LogP contribution in [0.25, 0.3) is 5.82 Å². The van der Waals surface area contributed by atoms with Gasteiger partial charge in [-0.3, -0.25) is 4.79 Å². The van der Waals surface area contributed by atoms with Gasteiger partial charge in [0.2, 0.25) is 6.10 Å². The van der Waals surface area contributed by atoms with E-state index >= 15 is 0 Å². The molecule has 1 aromatic carbocycles. The van der Waals surface area contributed by atoms with Crippen LogP contribution < -0.4 is 14.9 Å². The van der Waals surface area contributed by atoms with Gasteiger partial charge < -0.3 is 14.0 Å². The van der Waals surface area contributed by atoms with Crippen LogP contribution in [-0.2, 0) is 4.79 Å². The molecule has 8 nitrogen and oxygen atoms in total. The molecule has 2 aromatic heterocycles. The summed E-state index contributed by atoms with van der Waals surface area (Å²) in [6.45, 7) is 8.39. The van der Waals surface area contributed by atoms with Gasteiger partial charge in [0.15, 0.2) is 11.5 Å². The van der Waals surface area contributed by atoms with Gasteiger partial charge in [0.1, 0.15) is 12.4 Å². The van der Waals surface area contributed by atoms with Crippen LogP contribution in [0.5, 0.6) is 11.5 Å². The van der Waals surface area contributed by atoms with Gasteiger partial charge in [-0.2, -0.15) is 10.2 Å². The molecule has 0 radical (unpaired) electrons. The highest BCUT2D eigenvalue weighted by atomic mass is 16.6. The number of fused-ring (bicyclic) bond motifs is 1. The van der Waals surface area contributed by atoms with Crippen LogP contribution in [0.3, 0.4) is 0 Å². The first-order chi connectivity index (χ1) is 14.5. The standard InChI is InChI=1S/C22H25N5O3/c1-14(2)27-21(9-10-24-27)26-15(3)11-17(16(26)4)12-23-25-22(28)20-13-29-18-7-5-6-8-19(18)30-20/h5-12,14,20H,13H2,1-4H3,(H,25,28)/b23-12-/t20-/m0/s1. The number of nitrogens with zero attached hydrogens (tertiary/aromatic N) is 4. The van der Waals surface area contributed by atoms with E-state index < -0.39 is 6.10 Å². The molecule has 0 fully saturated rings. The quantitative estimate of drug-likeness (QED) is 0.520. The number of carbonyl (C=O) groups is 1. The molecule has 1 atom stereocenters. The van der Waals surface area contributed by atoms with Crippen molar-refractivity contribution in [3.05, 3.63) is 59.5 Å². The lowest BCUT2D eigenvalue weighted by atomic mass is 10.2. The van der Waals surface area contributed by atoms with Gasteiger partial charge in [-0.15, -0.1) is 0 Å². The highest BCUT2D eigenvalue weighted by Gasteiger charge is 2.27. The predicted molar refractivity (Wildman–Crippen MR) is 114 cm³/mol. The maximum absolute atomic E-state index is 12.4. The minimum Gasteiger partial charge on any atom is -0.485 e. The van der Waals surface area contributed by atoms with Crippen molar-refractivity contribution in [2.75, 3.05) is 6.61 Å². The summed E-state index contributed by atoms with van der Waals surface area (Å²) >= 11 is 0. The molecule has 1 amide bonds. The lowest BCUT2D eigenvalue weighted by Gasteiger charge is -2.24. The summed E-state index contributed by atoms with van der Waals surface area (Å²) < 4.78 is 15.4. The number of benzene rings is 1. The van der Waals surface area contributed by atoms with E-state index in [4.69, 9.17) is 9.47 Å². The van der Waals surface area contributed by atoms with Crippen molar-refractivity contribution < 1.29 is 14.3 Å². The number of aryl methyl sites for hydroxylation is 1. The van der Waals surface area contributed by atoms with Crippen LogP contribution in [0.1, 0.15) is 36.8 Å². The fourth-order valence-corrected chi connectivity index (χ4v) is 3.54. The molecular weight excluding hydrogens is 382 g/mol. The fourth-order valence-electron chi connectivity index (χ4n) is 3.54. The van der Waals surface area contributed by atoms with E-state index in [0.29, 0.717) is 11.5 Å². The van der Waals surface area contributed by atoms with Crippen LogP contribution in [0.15, 0.2) is 47.7 Å². The molecule has 1 N–H and O–H groups in total. The van der Waals surface area contributed by atoms with Gasteiger partial charge in [0.05, 0.1) is 12.4 Å². The van der Waals surface area contributed by atoms with E-state index in [1.54, 1.807) is 18.5 Å². The van der Waals surface area contributed by atoms with Gasteiger partial charge in [-0.1, -0.05) is 12.1 Å². The second kappa shape index (κ2) is 8.06. The largest absolute Gasteiger partial charge is 0.485 e. The maximum atomic E-state index is 12.4. The van der Waals surface area contributed by atoms with Gasteiger partial charge in [-0.25, -0.2) is 10.1 Å². The molecule has 1 aliphatic rings. The Labute approximate surface area is 175 Å². The van der Waals surface area contributed by atoms with Crippen molar-refractivity contribution in [2.45, 2.75) is 39.8 Å². The zero-order valence-corrected chi connectivity index (χ0v) is 17.5. The number of ether oxygens (including phenoxy) is 2. The normalized spacial score (nSPS) is 15.7. The summed E-state index contributed by atoms with van der Waals surface area (Å²) in [5.74, 6) is 1.83. The third kappa shape index (κ3) is 3.68. The number of hydrogen-bond acceptors (Lipinski definition) is 5. The van der Waals surface area contributed by atoms with E-state index in [-0.39, 0.29) is 18.6 Å². The summed E-state index contributed by atoms with van der Waals surface area (Å²) in [5, 5.41) is 8.55. The van der Waals surface area contributed by atoms with Crippen molar-refractivity contribution in [3.8, 4) is 17.3 Å². The number of rotatable bonds is 5. The van der Waals surface area contributed by atoms with Crippen molar-refractivity contribution in [3.63, 3.8) is 0 Å². The molecule has 0 aliphatic carbocycles. The van der Waals surface area contributed by atoms with E-state index in [0.717, 1.165) is 22.8 Å². The number of hydrogen-bond donors (Lipinski definition) is 1. The first kappa shape index (κ1) is 19.8. The van der Waals surface area contributed by atoms with Crippen molar-refractivity contribution >= 4 is 12.1 Å². The number of nitrogens with one attached hydrogen (secondary N) is 1. The van der Waals surface area contributed by atoms with Gasteiger partial charge in [0, 0.05) is 29.1 Å². The van der Waals surface area contributed by atoms with Crippen molar-refractivity contribution in [2.24, 2.45) is 5.10 Å². The first-order valence-electron chi connectivity index (χ1n) is 9.90. The summed E-state index contributed by atoms with van der Waals surface area (Å²) in [4.78, 5) is 12.4. The van der Waals surface area contributed by atoms with Crippen LogP contribution in [0, 0.1) is 13.8 Å². The molecule has 4 rings (SSSR count). The molecule has 30 heavy (non-hydrogen) atoms. The summed E-state index contributed by atoms with van der Waals surface area (Å²) in [6, 6.07) is 11.5. The predicted octanol–water partition coefficient (Wildman–Crippen LogP) is 3.16. The summed E-state index contributed by atoms with van der Waals surface area (Å²) in [7, 11) is 0. The monoisotopic (exact) mass is 407 g/mol. The molecular formula is C22H25N5O3. The summed E-state index contributed by atoms with van der Waals surface area (Å²) in [5.41, 5.74) is 5.53. The molecule has 0 saturated carbocycles. The highest BCUT2D eigenvalue weighted by Crippen LogP contribution is 2.30. The Balaban J connectivity index is 1.46. The second-order valence-corrected chi connectivity index (χ2v) is 7.49. The number of hydrazone groups is 1. The minimum absolute atomic E-state index is 0.145. The third-order valence-electron chi connectivity index (χ3n) is 5.02. The minimum atomic E-state index is -0.745. The topological polar surface area (TPSA) is 82.7 Å². The molecule has 156 valence electrons. The Morgan fingerprint density at radius 2 is 2.03 bits per heavy atom. The average Bonchev–Trinajstić information content (AvgIpc) is 3.32. The smallest absolute Gasteiger partial charge is 0.284 e. The van der Waals surface area contributed by atoms with E-state index in [2.05, 4.69) is 34.0 Å². The molecule has 3 heterocycles. The number of carbonyl (C=O) groups excluding carboxylic acids is 1. The molecule has 8 heteroatoms. The van der Waals surface area contributed by atoms with Gasteiger partial charge in [-0.05, 0) is 45.9 Å². The van der Waals surface area contributed by atoms with Crippen LogP contribution in [-0.4, -0.2) is 39.2 Å². The van der Waals surface area contributed by atoms with Gasteiger partial charge in [0.25, 0.3) is 5.91 Å². The molecule has 1 aliphatic heterocycles. The Bertz CT molecular complexity index is 1100. The van der Waals surface area contributed by atoms with Crippen LogP contribution >= 0.6 is 0 Å². The highest BCUT2D eigenvalue weighted by molar-refractivity contribution is 5.86. The molecule has 0 spiro atoms. The van der Waals surface area contributed by atoms with Crippen molar-refractivity contribution in [1.82, 2.24) is 19.8 Å². The first-order valence-corrected chi connectivity index (χ1v) is 9.90. The molecule has 0 bridgehead atoms. The third-order valence-corrected chi connectivity index (χ3v) is 5.02. The second-order valence-electron chi connectivity index (χ2n) is 7.49. The Morgan fingerprint density at radius 3 is 2.80 bits per heavy atom. The SMILES string of the molecule is Cc1cc(/C=N\NC(=O)[C@@H]2COc3ccccc3O2)c(C)n1-c1ccnn1C(C)C. The fraction of sp³-hybridized carbons (Fsp3) is 0.318. The summed E-state index contributed by atoms with van der Waals surface area (Å²) in [6.07, 6.45) is 2.70. The Hall–Kier alpha value is -3.55. The van der Waals surface area contributed by atoms with Crippen LogP contribution in [0.2, 0.25) is 0 Å². The van der Waals surface area contributed by atoms with E-state index in [1.165, 1.54) is 0 Å². The van der Waals surface area contributed by atoms with Gasteiger partial charge >= 0.3 is 0 Å². The molecule has 0 unspecified atom stereocenters.